The van der Waals surface area contributed by atoms with Crippen LogP contribution in [0.1, 0.15) is 47.0 Å². The van der Waals surface area contributed by atoms with E-state index in [1.807, 2.05) is 30.3 Å². The van der Waals surface area contributed by atoms with Crippen molar-refractivity contribution in [3.8, 4) is 5.75 Å². The van der Waals surface area contributed by atoms with Gasteiger partial charge in [-0.25, -0.2) is 9.69 Å². The first-order chi connectivity index (χ1) is 20.1. The van der Waals surface area contributed by atoms with Crippen LogP contribution in [-0.4, -0.2) is 59.9 Å². The van der Waals surface area contributed by atoms with Crippen LogP contribution in [0.4, 0.5) is 4.79 Å². The third kappa shape index (κ3) is 7.41. The quantitative estimate of drug-likeness (QED) is 0.299. The lowest BCUT2D eigenvalue weighted by atomic mass is 9.99. The number of halogens is 2. The van der Waals surface area contributed by atoms with Crippen molar-refractivity contribution < 1.29 is 33.7 Å². The molecule has 1 saturated heterocycles. The van der Waals surface area contributed by atoms with E-state index < -0.39 is 42.3 Å². The Morgan fingerprint density at radius 2 is 1.83 bits per heavy atom. The number of nitrogens with zero attached hydrogens (tertiary/aromatic N) is 1. The molecule has 1 aliphatic rings. The normalized spacial score (nSPS) is 16.2. The zero-order chi connectivity index (χ0) is 30.4. The van der Waals surface area contributed by atoms with E-state index in [1.54, 1.807) is 38.1 Å². The first-order valence-corrected chi connectivity index (χ1v) is 14.1. The molecule has 0 bridgehead atoms. The Hall–Kier alpha value is -3.63. The highest BCUT2D eigenvalue weighted by atomic mass is 35.5. The Bertz CT molecular complexity index is 1430. The third-order valence-electron chi connectivity index (χ3n) is 6.72. The van der Waals surface area contributed by atoms with Gasteiger partial charge < -0.3 is 24.6 Å². The molecule has 9 nitrogen and oxygen atoms in total. The van der Waals surface area contributed by atoms with Gasteiger partial charge >= 0.3 is 6.09 Å². The zero-order valence-electron chi connectivity index (χ0n) is 23.4. The number of carbonyl (C=O) groups is 3. The minimum Gasteiger partial charge on any atom is -0.496 e. The predicted octanol–water partition coefficient (Wildman–Crippen LogP) is 5.35. The highest BCUT2D eigenvalue weighted by molar-refractivity contribution is 6.36. The summed E-state index contributed by atoms with van der Waals surface area (Å²) in [4.78, 5) is 40.3. The SMILES string of the molecule is COc1ccc(C(O)C(OC(C)C)C(=O)N2C(=O)OC[C@@H]2Cc2ccccc2)cc1CNC(=O)c1ccc(Cl)cc1Cl. The number of cyclic esters (lactones) is 1. The topological polar surface area (TPSA) is 114 Å². The fourth-order valence-electron chi connectivity index (χ4n) is 4.70. The number of nitrogens with one attached hydrogen (secondary N) is 1. The van der Waals surface area contributed by atoms with E-state index in [1.165, 1.54) is 19.2 Å². The number of carbonyl (C=O) groups excluding carboxylic acids is 3. The minimum absolute atomic E-state index is 0.0305. The van der Waals surface area contributed by atoms with Gasteiger partial charge in [-0.3, -0.25) is 9.59 Å². The fraction of sp³-hybridized carbons (Fsp3) is 0.323. The van der Waals surface area contributed by atoms with Gasteiger partial charge in [0.1, 0.15) is 18.5 Å². The van der Waals surface area contributed by atoms with Crippen LogP contribution < -0.4 is 10.1 Å². The molecule has 42 heavy (non-hydrogen) atoms. The maximum absolute atomic E-state index is 13.8. The molecule has 3 amide bonds. The smallest absolute Gasteiger partial charge is 0.417 e. The van der Waals surface area contributed by atoms with E-state index in [9.17, 15) is 19.5 Å². The number of benzene rings is 3. The van der Waals surface area contributed by atoms with Crippen LogP contribution in [0.3, 0.4) is 0 Å². The summed E-state index contributed by atoms with van der Waals surface area (Å²) in [5.41, 5.74) is 2.04. The van der Waals surface area contributed by atoms with Crippen LogP contribution in [0.15, 0.2) is 66.7 Å². The van der Waals surface area contributed by atoms with Gasteiger partial charge in [0.05, 0.1) is 29.8 Å². The second kappa shape index (κ2) is 14.0. The van der Waals surface area contributed by atoms with E-state index >= 15 is 0 Å². The van der Waals surface area contributed by atoms with Crippen LogP contribution >= 0.6 is 23.2 Å². The molecule has 222 valence electrons. The summed E-state index contributed by atoms with van der Waals surface area (Å²) in [5.74, 6) is -0.687. The summed E-state index contributed by atoms with van der Waals surface area (Å²) in [6, 6.07) is 18.3. The molecule has 0 aliphatic carbocycles. The van der Waals surface area contributed by atoms with Crippen molar-refractivity contribution in [1.29, 1.82) is 0 Å². The molecular weight excluding hydrogens is 583 g/mol. The highest BCUT2D eigenvalue weighted by Crippen LogP contribution is 2.30. The first-order valence-electron chi connectivity index (χ1n) is 13.4. The summed E-state index contributed by atoms with van der Waals surface area (Å²) in [6.45, 7) is 3.53. The van der Waals surface area contributed by atoms with Gasteiger partial charge in [0, 0.05) is 17.1 Å². The number of ether oxygens (including phenoxy) is 3. The summed E-state index contributed by atoms with van der Waals surface area (Å²) in [5, 5.41) is 14.8. The lowest BCUT2D eigenvalue weighted by Crippen LogP contribution is -2.49. The Kier molecular flexibility index (Phi) is 10.5. The van der Waals surface area contributed by atoms with Crippen molar-refractivity contribution in [1.82, 2.24) is 10.2 Å². The standard InChI is InChI=1S/C31H32Cl2N2O7/c1-18(2)42-28(30(38)35-23(17-41-31(35)39)13-19-7-5-4-6-8-19)27(36)20-9-12-26(40-3)21(14-20)16-34-29(37)24-11-10-22(32)15-25(24)33/h4-12,14-15,18,23,27-28,36H,13,16-17H2,1-3H3,(H,34,37)/t23-,27?,28?/m0/s1. The summed E-state index contributed by atoms with van der Waals surface area (Å²) in [6.07, 6.45) is -3.69. The molecule has 0 radical (unpaired) electrons. The van der Waals surface area contributed by atoms with Gasteiger partial charge in [0.15, 0.2) is 6.10 Å². The molecule has 2 N–H and O–H groups in total. The van der Waals surface area contributed by atoms with E-state index in [2.05, 4.69) is 5.32 Å². The largest absolute Gasteiger partial charge is 0.496 e. The van der Waals surface area contributed by atoms with Gasteiger partial charge in [0.25, 0.3) is 11.8 Å². The Morgan fingerprint density at radius 1 is 1.10 bits per heavy atom. The van der Waals surface area contributed by atoms with Crippen LogP contribution in [0, 0.1) is 0 Å². The molecule has 11 heteroatoms. The summed E-state index contributed by atoms with van der Waals surface area (Å²) in [7, 11) is 1.48. The number of aliphatic hydroxyl groups is 1. The average Bonchev–Trinajstić information content (AvgIpc) is 3.33. The highest BCUT2D eigenvalue weighted by Gasteiger charge is 2.44. The molecule has 2 unspecified atom stereocenters. The van der Waals surface area contributed by atoms with E-state index in [4.69, 9.17) is 37.4 Å². The number of rotatable bonds is 11. The van der Waals surface area contributed by atoms with Crippen LogP contribution in [0.5, 0.6) is 5.75 Å². The Morgan fingerprint density at radius 3 is 2.50 bits per heavy atom. The van der Waals surface area contributed by atoms with Crippen molar-refractivity contribution in [3.63, 3.8) is 0 Å². The lowest BCUT2D eigenvalue weighted by molar-refractivity contribution is -0.154. The second-order valence-corrected chi connectivity index (χ2v) is 10.9. The van der Waals surface area contributed by atoms with Crippen LogP contribution in [0.25, 0.3) is 0 Å². The average molecular weight is 616 g/mol. The van der Waals surface area contributed by atoms with Gasteiger partial charge in [-0.2, -0.15) is 0 Å². The van der Waals surface area contributed by atoms with Crippen molar-refractivity contribution in [2.45, 2.75) is 51.2 Å². The van der Waals surface area contributed by atoms with Crippen molar-refractivity contribution >= 4 is 41.1 Å². The predicted molar refractivity (Wildman–Crippen MR) is 158 cm³/mol. The number of methoxy groups -OCH3 is 1. The molecule has 3 atom stereocenters. The van der Waals surface area contributed by atoms with Gasteiger partial charge in [-0.05, 0) is 61.7 Å². The molecule has 0 aromatic heterocycles. The van der Waals surface area contributed by atoms with Gasteiger partial charge in [-0.15, -0.1) is 0 Å². The number of imide groups is 1. The zero-order valence-corrected chi connectivity index (χ0v) is 24.9. The molecule has 3 aromatic carbocycles. The first kappa shape index (κ1) is 31.3. The minimum atomic E-state index is -1.45. The summed E-state index contributed by atoms with van der Waals surface area (Å²) < 4.78 is 16.6. The maximum atomic E-state index is 13.8. The van der Waals surface area contributed by atoms with Gasteiger partial charge in [-0.1, -0.05) is 59.6 Å². The Balaban J connectivity index is 1.56. The number of aliphatic hydroxyl groups excluding tert-OH is 1. The van der Waals surface area contributed by atoms with Crippen molar-refractivity contribution in [3.05, 3.63) is 99.0 Å². The molecule has 1 heterocycles. The molecule has 1 aliphatic heterocycles. The van der Waals surface area contributed by atoms with Crippen LogP contribution in [0.2, 0.25) is 10.0 Å². The van der Waals surface area contributed by atoms with Crippen LogP contribution in [-0.2, 0) is 27.2 Å². The number of hydrogen-bond acceptors (Lipinski definition) is 7. The maximum Gasteiger partial charge on any atom is 0.417 e. The summed E-state index contributed by atoms with van der Waals surface area (Å²) >= 11 is 12.1. The molecular formula is C31H32Cl2N2O7. The fourth-order valence-corrected chi connectivity index (χ4v) is 5.20. The molecule has 0 spiro atoms. The van der Waals surface area contributed by atoms with Crippen molar-refractivity contribution in [2.24, 2.45) is 0 Å². The second-order valence-electron chi connectivity index (χ2n) is 10.1. The molecule has 4 rings (SSSR count). The van der Waals surface area contributed by atoms with Gasteiger partial charge in [0.2, 0.25) is 0 Å². The molecule has 0 saturated carbocycles. The van der Waals surface area contributed by atoms with E-state index in [-0.39, 0.29) is 23.7 Å². The van der Waals surface area contributed by atoms with E-state index in [0.717, 1.165) is 10.5 Å². The number of hydrogen-bond donors (Lipinski definition) is 2. The third-order valence-corrected chi connectivity index (χ3v) is 7.27. The molecule has 3 aromatic rings. The lowest BCUT2D eigenvalue weighted by Gasteiger charge is -2.29. The van der Waals surface area contributed by atoms with E-state index in [0.29, 0.717) is 28.3 Å². The Labute approximate surface area is 254 Å². The number of amides is 3. The molecule has 1 fully saturated rings. The van der Waals surface area contributed by atoms with Crippen molar-refractivity contribution in [2.75, 3.05) is 13.7 Å². The monoisotopic (exact) mass is 614 g/mol.